The first-order valence-electron chi connectivity index (χ1n) is 7.44. The maximum atomic E-state index is 14.8. The summed E-state index contributed by atoms with van der Waals surface area (Å²) in [6.45, 7) is 1.66. The zero-order chi connectivity index (χ0) is 20.0. The van der Waals surface area contributed by atoms with Crippen LogP contribution < -0.4 is 10.6 Å². The lowest BCUT2D eigenvalue weighted by Crippen LogP contribution is -2.49. The Bertz CT molecular complexity index is 1010. The molecule has 3 rings (SSSR count). The second kappa shape index (κ2) is 6.76. The Morgan fingerprint density at radius 3 is 2.48 bits per heavy atom. The Hall–Kier alpha value is -2.76. The quantitative estimate of drug-likeness (QED) is 0.508. The lowest BCUT2D eigenvalue weighted by molar-refractivity contribution is -0.126. The molecule has 1 unspecified atom stereocenters. The van der Waals surface area contributed by atoms with E-state index in [0.717, 1.165) is 8.47 Å². The highest BCUT2D eigenvalue weighted by atomic mass is 127. The molecule has 0 aromatic heterocycles. The number of hydrogen-bond donors (Lipinski definition) is 2. The molecule has 2 aromatic carbocycles. The van der Waals surface area contributed by atoms with E-state index in [9.17, 15) is 23.2 Å². The van der Waals surface area contributed by atoms with Crippen molar-refractivity contribution in [3.05, 3.63) is 56.2 Å². The van der Waals surface area contributed by atoms with Gasteiger partial charge in [0.2, 0.25) is 0 Å². The molecule has 27 heavy (non-hydrogen) atoms. The van der Waals surface area contributed by atoms with Crippen LogP contribution in [0.4, 0.5) is 20.2 Å². The predicted octanol–water partition coefficient (Wildman–Crippen LogP) is 2.70. The number of ether oxygens (including phenoxy) is 1. The minimum absolute atomic E-state index is 0.245. The average Bonchev–Trinajstić information content (AvgIpc) is 2.58. The Labute approximate surface area is 164 Å². The summed E-state index contributed by atoms with van der Waals surface area (Å²) >= 11 is 2.04. The molecule has 0 radical (unpaired) electrons. The molecular formula is C17H11F2IN2O5. The van der Waals surface area contributed by atoms with Crippen molar-refractivity contribution in [2.45, 2.75) is 13.2 Å². The number of anilines is 2. The number of amides is 1. The van der Waals surface area contributed by atoms with Crippen LogP contribution in [0.15, 0.2) is 24.3 Å². The number of carboxylic acid groups (broad SMARTS) is 1. The number of nitrogens with zero attached hydrogens (tertiary/aromatic N) is 1. The number of halogens is 3. The smallest absolute Gasteiger partial charge is 0.342 e. The summed E-state index contributed by atoms with van der Waals surface area (Å²) in [5, 5.41) is 9.03. The number of aromatic carboxylic acids is 1. The minimum Gasteiger partial charge on any atom is -0.478 e. The number of nitrogens with two attached hydrogens (primary N) is 1. The summed E-state index contributed by atoms with van der Waals surface area (Å²) in [5.74, 6) is -7.29. The summed E-state index contributed by atoms with van der Waals surface area (Å²) in [5.41, 5.74) is 3.94. The minimum atomic E-state index is -1.75. The number of esters is 1. The molecule has 0 saturated heterocycles. The molecule has 1 aliphatic heterocycles. The van der Waals surface area contributed by atoms with Crippen molar-refractivity contribution in [2.24, 2.45) is 5.73 Å². The number of fused-ring (bicyclic) bond motifs is 1. The van der Waals surface area contributed by atoms with Gasteiger partial charge in [0.15, 0.2) is 11.6 Å². The van der Waals surface area contributed by atoms with E-state index in [4.69, 9.17) is 15.6 Å². The highest BCUT2D eigenvalue weighted by Gasteiger charge is 2.42. The number of carbonyl (C=O) groups is 3. The Morgan fingerprint density at radius 1 is 1.26 bits per heavy atom. The Kier molecular flexibility index (Phi) is 4.76. The van der Waals surface area contributed by atoms with Gasteiger partial charge in [0, 0.05) is 9.26 Å². The van der Waals surface area contributed by atoms with Crippen LogP contribution in [0.2, 0.25) is 0 Å². The number of carbonyl (C=O) groups excluding carboxylic acids is 2. The monoisotopic (exact) mass is 488 g/mol. The van der Waals surface area contributed by atoms with Crippen LogP contribution in [0, 0.1) is 22.1 Å². The number of benzene rings is 2. The first-order chi connectivity index (χ1) is 12.6. The van der Waals surface area contributed by atoms with Crippen LogP contribution >= 0.6 is 22.6 Å². The summed E-state index contributed by atoms with van der Waals surface area (Å²) in [6, 6.07) is 5.56. The van der Waals surface area contributed by atoms with Gasteiger partial charge in [0.1, 0.15) is 0 Å². The third-order valence-electron chi connectivity index (χ3n) is 3.99. The van der Waals surface area contributed by atoms with E-state index in [-0.39, 0.29) is 5.69 Å². The number of hydrogen-bond acceptors (Lipinski definition) is 5. The van der Waals surface area contributed by atoms with Gasteiger partial charge < -0.3 is 15.6 Å². The van der Waals surface area contributed by atoms with Gasteiger partial charge in [0.05, 0.1) is 16.8 Å². The van der Waals surface area contributed by atoms with Crippen LogP contribution in [-0.2, 0) is 9.53 Å². The molecule has 1 amide bonds. The number of carboxylic acids is 1. The normalized spacial score (nSPS) is 15.9. The van der Waals surface area contributed by atoms with Crippen LogP contribution in [0.5, 0.6) is 0 Å². The number of primary amides is 1. The van der Waals surface area contributed by atoms with Gasteiger partial charge in [0.25, 0.3) is 12.1 Å². The highest BCUT2D eigenvalue weighted by molar-refractivity contribution is 14.1. The molecule has 1 atom stereocenters. The molecule has 0 spiro atoms. The van der Waals surface area contributed by atoms with E-state index >= 15 is 0 Å². The van der Waals surface area contributed by atoms with Crippen molar-refractivity contribution >= 4 is 51.8 Å². The Balaban J connectivity index is 2.36. The second-order valence-electron chi connectivity index (χ2n) is 5.71. The van der Waals surface area contributed by atoms with Crippen molar-refractivity contribution in [3.63, 3.8) is 0 Å². The topological polar surface area (TPSA) is 110 Å². The lowest BCUT2D eigenvalue weighted by atomic mass is 10.0. The molecular weight excluding hydrogens is 477 g/mol. The fourth-order valence-corrected chi connectivity index (χ4v) is 3.47. The fourth-order valence-electron chi connectivity index (χ4n) is 2.82. The molecule has 0 saturated carbocycles. The summed E-state index contributed by atoms with van der Waals surface area (Å²) in [4.78, 5) is 36.1. The van der Waals surface area contributed by atoms with Gasteiger partial charge in [-0.2, -0.15) is 0 Å². The zero-order valence-electron chi connectivity index (χ0n) is 13.6. The van der Waals surface area contributed by atoms with Crippen molar-refractivity contribution in [1.82, 2.24) is 0 Å². The predicted molar refractivity (Wildman–Crippen MR) is 97.8 cm³/mol. The van der Waals surface area contributed by atoms with E-state index in [1.165, 1.54) is 6.07 Å². The van der Waals surface area contributed by atoms with Crippen LogP contribution in [0.1, 0.15) is 26.3 Å². The fraction of sp³-hybridized carbons (Fsp3) is 0.118. The third-order valence-corrected chi connectivity index (χ3v) is 4.66. The summed E-state index contributed by atoms with van der Waals surface area (Å²) in [7, 11) is 0. The summed E-state index contributed by atoms with van der Waals surface area (Å²) in [6.07, 6.45) is -1.73. The van der Waals surface area contributed by atoms with E-state index in [2.05, 4.69) is 0 Å². The first-order valence-corrected chi connectivity index (χ1v) is 8.52. The standard InChI is InChI=1S/C17H11F2IN2O5/c1-6-4-7(20)2-3-10(6)22-13-9(17(26)27-15(22)14(21)23)5-8(16(24)25)11(18)12(13)19/h2-5,15H,1H3,(H2,21,23)(H,24,25). The molecule has 0 aliphatic carbocycles. The summed E-state index contributed by atoms with van der Waals surface area (Å²) < 4.78 is 34.9. The maximum Gasteiger partial charge on any atom is 0.342 e. The highest BCUT2D eigenvalue weighted by Crippen LogP contribution is 2.41. The van der Waals surface area contributed by atoms with E-state index < -0.39 is 52.5 Å². The molecule has 3 N–H and O–H groups in total. The van der Waals surface area contributed by atoms with Gasteiger partial charge in [-0.3, -0.25) is 9.69 Å². The van der Waals surface area contributed by atoms with Gasteiger partial charge in [-0.05, 0) is 59.3 Å². The number of aryl methyl sites for hydroxylation is 1. The van der Waals surface area contributed by atoms with Crippen molar-refractivity contribution in [1.29, 1.82) is 0 Å². The van der Waals surface area contributed by atoms with E-state index in [1.54, 1.807) is 19.1 Å². The molecule has 7 nitrogen and oxygen atoms in total. The van der Waals surface area contributed by atoms with Gasteiger partial charge in [-0.15, -0.1) is 0 Å². The Morgan fingerprint density at radius 2 is 1.93 bits per heavy atom. The lowest BCUT2D eigenvalue weighted by Gasteiger charge is -2.37. The molecule has 10 heteroatoms. The first kappa shape index (κ1) is 19.0. The van der Waals surface area contributed by atoms with Crippen LogP contribution in [-0.4, -0.2) is 29.2 Å². The molecule has 140 valence electrons. The second-order valence-corrected chi connectivity index (χ2v) is 6.96. The molecule has 0 fully saturated rings. The third kappa shape index (κ3) is 3.09. The maximum absolute atomic E-state index is 14.8. The largest absolute Gasteiger partial charge is 0.478 e. The number of rotatable bonds is 3. The van der Waals surface area contributed by atoms with Crippen LogP contribution in [0.3, 0.4) is 0 Å². The average molecular weight is 488 g/mol. The van der Waals surface area contributed by atoms with Crippen molar-refractivity contribution < 1.29 is 33.0 Å². The number of cyclic esters (lactones) is 1. The van der Waals surface area contributed by atoms with E-state index in [1.807, 2.05) is 22.6 Å². The van der Waals surface area contributed by atoms with E-state index in [0.29, 0.717) is 11.6 Å². The van der Waals surface area contributed by atoms with Crippen molar-refractivity contribution in [3.8, 4) is 0 Å². The zero-order valence-corrected chi connectivity index (χ0v) is 15.8. The van der Waals surface area contributed by atoms with Gasteiger partial charge in [-0.25, -0.2) is 18.4 Å². The van der Waals surface area contributed by atoms with Crippen molar-refractivity contribution in [2.75, 3.05) is 4.90 Å². The van der Waals surface area contributed by atoms with Gasteiger partial charge in [-0.1, -0.05) is 0 Å². The van der Waals surface area contributed by atoms with Crippen LogP contribution in [0.25, 0.3) is 0 Å². The SMILES string of the molecule is Cc1cc(I)ccc1N1c2c(cc(C(=O)O)c(F)c2F)C(=O)OC1C(N)=O. The molecule has 1 heterocycles. The van der Waals surface area contributed by atoms with Gasteiger partial charge >= 0.3 is 11.9 Å². The molecule has 1 aliphatic rings. The molecule has 0 bridgehead atoms. The molecule has 2 aromatic rings.